The Balaban J connectivity index is 1.50. The fourth-order valence-corrected chi connectivity index (χ4v) is 14.4. The number of aliphatic carboxylic acids is 1. The molecular formula is C70H121N27O15. The SMILES string of the molecule is NCCCCC(NC(=O)C(CCCN=C(N)N)NC(=O)CN)C(=O)NC(CCCCN)C(=O)NC(CCCN=C(N)N)C(=O)NC(CCCN=C(N)N)C(=O)NC(CCC(N)=O)C(=O)N1Cc2ccccc2C[C@H]1C(=O)N1C(C(=O)NC(CCCNC(N)N)C(=O)N2CCCC2C(=O)NC(CO)C(=O)O)CC2CCCCC21. The number of fused-ring (bicyclic) bond motifs is 2. The molecule has 3 heterocycles. The molecule has 0 spiro atoms. The Morgan fingerprint density at radius 3 is 1.40 bits per heavy atom. The maximum atomic E-state index is 16.1. The van der Waals surface area contributed by atoms with E-state index in [0.717, 1.165) is 6.42 Å². The van der Waals surface area contributed by atoms with Crippen molar-refractivity contribution >= 4 is 94.7 Å². The molecule has 1 aromatic carbocycles. The topological polar surface area (TPSA) is 730 Å². The zero-order valence-electron chi connectivity index (χ0n) is 63.7. The number of aliphatic hydroxyl groups excluding tert-OH is 1. The number of nitrogens with two attached hydrogens (primary N) is 12. The van der Waals surface area contributed by atoms with Gasteiger partial charge in [0.2, 0.25) is 70.9 Å². The van der Waals surface area contributed by atoms with E-state index < -0.39 is 182 Å². The van der Waals surface area contributed by atoms with Gasteiger partial charge in [0, 0.05) is 51.6 Å². The molecule has 626 valence electrons. The minimum atomic E-state index is -1.66. The van der Waals surface area contributed by atoms with Crippen molar-refractivity contribution in [2.75, 3.05) is 59.0 Å². The number of likely N-dealkylation sites (tertiary alicyclic amines) is 2. The number of nitrogens with zero attached hydrogens (tertiary/aromatic N) is 6. The number of carbonyl (C=O) groups is 13. The van der Waals surface area contributed by atoms with Gasteiger partial charge in [0.05, 0.1) is 13.2 Å². The van der Waals surface area contributed by atoms with Crippen LogP contribution in [0.1, 0.15) is 159 Å². The number of nitrogens with one attached hydrogen (secondary N) is 9. The first-order valence-electron chi connectivity index (χ1n) is 38.5. The molecule has 0 aromatic heterocycles. The van der Waals surface area contributed by atoms with Gasteiger partial charge < -0.3 is 136 Å². The zero-order chi connectivity index (χ0) is 82.6. The lowest BCUT2D eigenvalue weighted by atomic mass is 9.84. The number of guanidine groups is 3. The smallest absolute Gasteiger partial charge is 0.328 e. The molecule has 1 aliphatic carbocycles. The summed E-state index contributed by atoms with van der Waals surface area (Å²) in [6, 6.07) is -8.79. The number of amides is 12. The summed E-state index contributed by atoms with van der Waals surface area (Å²) in [5, 5.41) is 43.5. The maximum Gasteiger partial charge on any atom is 0.328 e. The monoisotopic (exact) mass is 1580 g/mol. The van der Waals surface area contributed by atoms with Gasteiger partial charge in [-0.2, -0.15) is 0 Å². The lowest BCUT2D eigenvalue weighted by molar-refractivity contribution is -0.153. The number of aliphatic hydroxyl groups is 1. The van der Waals surface area contributed by atoms with Crippen molar-refractivity contribution in [2.45, 2.75) is 239 Å². The third-order valence-corrected chi connectivity index (χ3v) is 20.2. The Morgan fingerprint density at radius 2 is 0.929 bits per heavy atom. The van der Waals surface area contributed by atoms with E-state index in [1.807, 2.05) is 0 Å². The number of hydrogen-bond donors (Lipinski definition) is 23. The van der Waals surface area contributed by atoms with Crippen LogP contribution in [0.2, 0.25) is 0 Å². The first-order valence-corrected chi connectivity index (χ1v) is 38.5. The van der Waals surface area contributed by atoms with Gasteiger partial charge in [0.25, 0.3) is 0 Å². The van der Waals surface area contributed by atoms with Gasteiger partial charge in [-0.15, -0.1) is 0 Å². The highest BCUT2D eigenvalue weighted by atomic mass is 16.4. The minimum Gasteiger partial charge on any atom is -0.480 e. The molecule has 4 aliphatic rings. The molecule has 1 aromatic rings. The molecular weight excluding hydrogens is 1460 g/mol. The molecule has 12 amide bonds. The van der Waals surface area contributed by atoms with Crippen LogP contribution in [0.15, 0.2) is 39.2 Å². The van der Waals surface area contributed by atoms with Crippen molar-refractivity contribution in [3.05, 3.63) is 35.4 Å². The van der Waals surface area contributed by atoms with Crippen LogP contribution in [0, 0.1) is 5.92 Å². The van der Waals surface area contributed by atoms with Crippen LogP contribution in [0.25, 0.3) is 0 Å². The second-order valence-corrected chi connectivity index (χ2v) is 28.6. The van der Waals surface area contributed by atoms with E-state index in [4.69, 9.17) is 68.8 Å². The van der Waals surface area contributed by atoms with Crippen LogP contribution in [0.5, 0.6) is 0 Å². The van der Waals surface area contributed by atoms with Gasteiger partial charge in [-0.05, 0) is 165 Å². The van der Waals surface area contributed by atoms with Gasteiger partial charge in [0.15, 0.2) is 17.9 Å². The predicted molar refractivity (Wildman–Crippen MR) is 413 cm³/mol. The number of carbonyl (C=O) groups excluding carboxylic acids is 12. The number of carboxylic acid groups (broad SMARTS) is 1. The summed E-state index contributed by atoms with van der Waals surface area (Å²) in [6.45, 7) is -0.904. The summed E-state index contributed by atoms with van der Waals surface area (Å²) in [7, 11) is 0. The van der Waals surface area contributed by atoms with Gasteiger partial charge in [-0.3, -0.25) is 77.8 Å². The number of carboxylic acids is 1. The summed E-state index contributed by atoms with van der Waals surface area (Å²) in [4.78, 5) is 202. The number of hydrogen-bond acceptors (Lipinski definition) is 23. The number of benzene rings is 1. The van der Waals surface area contributed by atoms with Crippen LogP contribution in [-0.4, -0.2) is 257 Å². The van der Waals surface area contributed by atoms with E-state index in [9.17, 15) is 48.6 Å². The summed E-state index contributed by atoms with van der Waals surface area (Å²) in [6.07, 6.45) is 2.88. The average molecular weight is 1580 g/mol. The van der Waals surface area contributed by atoms with E-state index in [1.54, 1.807) is 24.3 Å². The molecule has 5 rings (SSSR count). The van der Waals surface area contributed by atoms with Crippen molar-refractivity contribution in [2.24, 2.45) is 89.7 Å². The highest BCUT2D eigenvalue weighted by molar-refractivity contribution is 6.00. The van der Waals surface area contributed by atoms with Crippen LogP contribution in [0.3, 0.4) is 0 Å². The molecule has 0 bridgehead atoms. The molecule has 12 unspecified atom stereocenters. The van der Waals surface area contributed by atoms with Gasteiger partial charge in [0.1, 0.15) is 72.7 Å². The van der Waals surface area contributed by atoms with Crippen LogP contribution >= 0.6 is 0 Å². The summed E-state index contributed by atoms with van der Waals surface area (Å²) in [5.74, 6) is -12.1. The van der Waals surface area contributed by atoms with Crippen molar-refractivity contribution in [3.8, 4) is 0 Å². The van der Waals surface area contributed by atoms with Crippen LogP contribution < -0.4 is 117 Å². The van der Waals surface area contributed by atoms with Gasteiger partial charge >= 0.3 is 5.97 Å². The van der Waals surface area contributed by atoms with E-state index in [2.05, 4.69) is 62.8 Å². The molecule has 42 heteroatoms. The second kappa shape index (κ2) is 47.9. The third-order valence-electron chi connectivity index (χ3n) is 20.2. The summed E-state index contributed by atoms with van der Waals surface area (Å²) in [5.41, 5.74) is 69.5. The maximum absolute atomic E-state index is 16.1. The fraction of sp³-hybridized carbons (Fsp3) is 0.686. The molecule has 13 atom stereocenters. The highest BCUT2D eigenvalue weighted by Gasteiger charge is 2.52. The van der Waals surface area contributed by atoms with E-state index in [0.29, 0.717) is 56.1 Å². The van der Waals surface area contributed by atoms with Gasteiger partial charge in [-0.25, -0.2) is 4.79 Å². The number of unbranched alkanes of at least 4 members (excludes halogenated alkanes) is 2. The average Bonchev–Trinajstić information content (AvgIpc) is 1.55. The normalized spacial score (nSPS) is 19.2. The molecule has 3 aliphatic heterocycles. The Kier molecular flexibility index (Phi) is 39.6. The summed E-state index contributed by atoms with van der Waals surface area (Å²) < 4.78 is 0. The van der Waals surface area contributed by atoms with Crippen molar-refractivity contribution in [3.63, 3.8) is 0 Å². The quantitative estimate of drug-likeness (QED) is 0.0125. The number of primary amides is 1. The Morgan fingerprint density at radius 1 is 0.482 bits per heavy atom. The van der Waals surface area contributed by atoms with E-state index in [-0.39, 0.29) is 166 Å². The first-order chi connectivity index (χ1) is 53.4. The molecule has 3 fully saturated rings. The number of aliphatic imine (C=N–C) groups is 3. The molecule has 0 radical (unpaired) electrons. The Hall–Kier alpha value is -10.1. The largest absolute Gasteiger partial charge is 0.480 e. The molecule has 1 saturated carbocycles. The standard InChI is InChI=1S/C70H121N27O15/c71-27-7-5-17-43(88-56(101)42(87-55(100)36-73)19-9-29-83-67(75)76)57(102)89-44(18-6-8-28-72)58(103)90-45(20-10-30-84-68(77)78)59(104)91-46(21-11-31-85-69(79)80)60(105)92-48(25-26-54(74)99)64(109)96-37-41-16-2-1-14-39(41)34-53(96)65(110)97-50-23-4-3-15-40(50)35-52(97)62(107)93-47(22-12-32-86-70(81)82)63(108)95-33-13-24-51(95)61(106)94-49(38-98)66(111)112/h1-2,14,16,40,42-53,70,86,98H,3-13,15,17-38,71-73,81-82H2,(H2,74,99)(H,87,100)(H,88,101)(H,89,102)(H,90,103)(H,91,104)(H,92,105)(H,93,107)(H,94,106)(H,111,112)(H4,75,76,83)(H4,77,78,84)(H4,79,80,85)/t40?,42?,43?,44?,45?,46?,47?,48?,49?,50?,51?,52?,53-/m0/s1. The second-order valence-electron chi connectivity index (χ2n) is 28.6. The molecule has 2 saturated heterocycles. The fourth-order valence-electron chi connectivity index (χ4n) is 14.4. The molecule has 42 nitrogen and oxygen atoms in total. The zero-order valence-corrected chi connectivity index (χ0v) is 63.7. The van der Waals surface area contributed by atoms with Crippen molar-refractivity contribution in [1.29, 1.82) is 0 Å². The van der Waals surface area contributed by atoms with Crippen molar-refractivity contribution < 1.29 is 72.5 Å². The van der Waals surface area contributed by atoms with Crippen LogP contribution in [-0.2, 0) is 75.3 Å². The molecule has 112 heavy (non-hydrogen) atoms. The number of rotatable bonds is 49. The molecule has 35 N–H and O–H groups in total. The lowest BCUT2D eigenvalue weighted by Crippen LogP contribution is -2.63. The van der Waals surface area contributed by atoms with Crippen molar-refractivity contribution in [1.82, 2.24) is 62.6 Å². The predicted octanol–water partition coefficient (Wildman–Crippen LogP) is -8.74. The van der Waals surface area contributed by atoms with E-state index >= 15 is 24.0 Å². The lowest BCUT2D eigenvalue weighted by Gasteiger charge is -2.42. The van der Waals surface area contributed by atoms with E-state index in [1.165, 1.54) is 14.7 Å². The van der Waals surface area contributed by atoms with Gasteiger partial charge in [-0.1, -0.05) is 37.1 Å². The summed E-state index contributed by atoms with van der Waals surface area (Å²) >= 11 is 0. The Bertz CT molecular complexity index is 3430. The first kappa shape index (κ1) is 92.5. The highest BCUT2D eigenvalue weighted by Crippen LogP contribution is 2.42. The Labute approximate surface area is 650 Å². The third kappa shape index (κ3) is 29.8. The minimum absolute atomic E-state index is 0.00949. The van der Waals surface area contributed by atoms with Crippen LogP contribution in [0.4, 0.5) is 0 Å².